The van der Waals surface area contributed by atoms with Crippen molar-refractivity contribution < 1.29 is 0 Å². The summed E-state index contributed by atoms with van der Waals surface area (Å²) in [5.74, 6) is -0.0169. The molecule has 3 N–H and O–H groups in total. The van der Waals surface area contributed by atoms with Gasteiger partial charge in [0.2, 0.25) is 5.95 Å². The molecule has 0 spiro atoms. The summed E-state index contributed by atoms with van der Waals surface area (Å²) in [7, 11) is 0. The van der Waals surface area contributed by atoms with Gasteiger partial charge in [0.15, 0.2) is 11.2 Å². The first-order valence-electron chi connectivity index (χ1n) is 5.25. The number of para-hydroxylation sites is 1. The van der Waals surface area contributed by atoms with Crippen LogP contribution in [0.2, 0.25) is 10.0 Å². The van der Waals surface area contributed by atoms with E-state index in [0.29, 0.717) is 21.4 Å². The fourth-order valence-corrected chi connectivity index (χ4v) is 2.39. The average Bonchev–Trinajstić information content (AvgIpc) is 2.81. The molecule has 0 atom stereocenters. The molecule has 8 heteroatoms. The van der Waals surface area contributed by atoms with Crippen LogP contribution in [0.15, 0.2) is 29.3 Å². The van der Waals surface area contributed by atoms with Gasteiger partial charge in [-0.2, -0.15) is 4.98 Å². The van der Waals surface area contributed by atoms with Gasteiger partial charge in [-0.05, 0) is 12.1 Å². The Kier molecular flexibility index (Phi) is 2.69. The molecular formula is C11H7Cl2N5O. The van der Waals surface area contributed by atoms with E-state index in [1.165, 1.54) is 6.33 Å². The van der Waals surface area contributed by atoms with E-state index in [9.17, 15) is 4.79 Å². The lowest BCUT2D eigenvalue weighted by Crippen LogP contribution is -2.23. The molecule has 2 heterocycles. The van der Waals surface area contributed by atoms with Crippen molar-refractivity contribution in [3.63, 3.8) is 0 Å². The molecule has 3 aromatic rings. The van der Waals surface area contributed by atoms with Gasteiger partial charge in [-0.3, -0.25) is 4.79 Å². The van der Waals surface area contributed by atoms with E-state index in [-0.39, 0.29) is 11.5 Å². The smallest absolute Gasteiger partial charge is 0.287 e. The van der Waals surface area contributed by atoms with Gasteiger partial charge in [0.05, 0.1) is 22.1 Å². The van der Waals surface area contributed by atoms with Crippen LogP contribution < -0.4 is 11.3 Å². The number of benzene rings is 1. The minimum absolute atomic E-state index is 0.0169. The second-order valence-electron chi connectivity index (χ2n) is 3.78. The summed E-state index contributed by atoms with van der Waals surface area (Å²) in [5, 5.41) is 0.607. The Morgan fingerprint density at radius 1 is 1.26 bits per heavy atom. The van der Waals surface area contributed by atoms with Crippen molar-refractivity contribution in [2.45, 2.75) is 0 Å². The van der Waals surface area contributed by atoms with E-state index in [0.717, 1.165) is 4.57 Å². The molecule has 0 fully saturated rings. The van der Waals surface area contributed by atoms with Gasteiger partial charge in [0.25, 0.3) is 5.56 Å². The van der Waals surface area contributed by atoms with Crippen LogP contribution in [-0.2, 0) is 0 Å². The second-order valence-corrected chi connectivity index (χ2v) is 4.59. The molecular weight excluding hydrogens is 289 g/mol. The highest BCUT2D eigenvalue weighted by Gasteiger charge is 2.16. The lowest BCUT2D eigenvalue weighted by molar-refractivity contribution is 0.976. The summed E-state index contributed by atoms with van der Waals surface area (Å²) in [4.78, 5) is 23.1. The van der Waals surface area contributed by atoms with Gasteiger partial charge in [0, 0.05) is 0 Å². The molecule has 0 saturated heterocycles. The summed E-state index contributed by atoms with van der Waals surface area (Å²) in [6.45, 7) is 0. The highest BCUT2D eigenvalue weighted by Crippen LogP contribution is 2.28. The third-order valence-corrected chi connectivity index (χ3v) is 3.25. The average molecular weight is 296 g/mol. The largest absolute Gasteiger partial charge is 0.369 e. The Balaban J connectivity index is 2.46. The molecule has 0 radical (unpaired) electrons. The number of aromatic nitrogens is 4. The maximum atomic E-state index is 12.4. The van der Waals surface area contributed by atoms with Gasteiger partial charge >= 0.3 is 0 Å². The molecule has 19 heavy (non-hydrogen) atoms. The number of nitrogens with zero attached hydrogens (tertiary/aromatic N) is 3. The van der Waals surface area contributed by atoms with Crippen molar-refractivity contribution in [1.82, 2.24) is 19.5 Å². The Hall–Kier alpha value is -2.05. The lowest BCUT2D eigenvalue weighted by atomic mass is 10.3. The van der Waals surface area contributed by atoms with Gasteiger partial charge in [0.1, 0.15) is 0 Å². The van der Waals surface area contributed by atoms with Gasteiger partial charge in [-0.1, -0.05) is 29.3 Å². The number of imidazole rings is 1. The first-order chi connectivity index (χ1) is 9.09. The predicted molar refractivity (Wildman–Crippen MR) is 73.9 cm³/mol. The number of fused-ring (bicyclic) bond motifs is 1. The Bertz CT molecular complexity index is 818. The van der Waals surface area contributed by atoms with Gasteiger partial charge in [-0.25, -0.2) is 9.55 Å². The molecule has 0 aliphatic heterocycles. The van der Waals surface area contributed by atoms with E-state index in [4.69, 9.17) is 28.9 Å². The van der Waals surface area contributed by atoms with Crippen molar-refractivity contribution in [2.75, 3.05) is 5.73 Å². The summed E-state index contributed by atoms with van der Waals surface area (Å²) in [6.07, 6.45) is 1.37. The minimum atomic E-state index is -0.432. The fourth-order valence-electron chi connectivity index (χ4n) is 1.82. The fraction of sp³-hybridized carbons (Fsp3) is 0. The number of hydrogen-bond acceptors (Lipinski definition) is 4. The summed E-state index contributed by atoms with van der Waals surface area (Å²) in [6, 6.07) is 4.91. The third kappa shape index (κ3) is 1.76. The lowest BCUT2D eigenvalue weighted by Gasteiger charge is -2.11. The first-order valence-corrected chi connectivity index (χ1v) is 6.01. The topological polar surface area (TPSA) is 89.6 Å². The number of H-pyrrole nitrogens is 1. The van der Waals surface area contributed by atoms with E-state index < -0.39 is 5.56 Å². The SMILES string of the molecule is Nc1nc2[nH]cnc2c(=O)n1-c1c(Cl)cccc1Cl. The number of anilines is 1. The Morgan fingerprint density at radius 2 is 1.95 bits per heavy atom. The van der Waals surface area contributed by atoms with Crippen LogP contribution in [0.5, 0.6) is 0 Å². The first kappa shape index (κ1) is 12.0. The summed E-state index contributed by atoms with van der Waals surface area (Å²) < 4.78 is 1.15. The van der Waals surface area contributed by atoms with E-state index in [2.05, 4.69) is 15.0 Å². The van der Waals surface area contributed by atoms with Gasteiger partial charge in [-0.15, -0.1) is 0 Å². The van der Waals surface area contributed by atoms with Crippen molar-refractivity contribution in [3.8, 4) is 5.69 Å². The number of rotatable bonds is 1. The normalized spacial score (nSPS) is 11.1. The minimum Gasteiger partial charge on any atom is -0.369 e. The zero-order valence-electron chi connectivity index (χ0n) is 9.39. The molecule has 0 amide bonds. The predicted octanol–water partition coefficient (Wildman–Crippen LogP) is 2.00. The molecule has 0 aliphatic rings. The van der Waals surface area contributed by atoms with Crippen LogP contribution in [0.4, 0.5) is 5.95 Å². The van der Waals surface area contributed by atoms with Crippen LogP contribution in [0.1, 0.15) is 0 Å². The maximum Gasteiger partial charge on any atom is 0.287 e. The monoisotopic (exact) mass is 295 g/mol. The molecule has 3 rings (SSSR count). The summed E-state index contributed by atoms with van der Waals surface area (Å²) in [5.41, 5.74) is 6.16. The Morgan fingerprint density at radius 3 is 2.63 bits per heavy atom. The van der Waals surface area contributed by atoms with Crippen LogP contribution >= 0.6 is 23.2 Å². The van der Waals surface area contributed by atoms with Crippen molar-refractivity contribution in [1.29, 1.82) is 0 Å². The van der Waals surface area contributed by atoms with Crippen LogP contribution in [0.25, 0.3) is 16.9 Å². The Labute approximate surface area is 116 Å². The van der Waals surface area contributed by atoms with Gasteiger partial charge < -0.3 is 10.7 Å². The molecule has 0 saturated carbocycles. The van der Waals surface area contributed by atoms with Crippen molar-refractivity contribution >= 4 is 40.3 Å². The number of aromatic amines is 1. The number of halogens is 2. The second kappa shape index (κ2) is 4.25. The highest BCUT2D eigenvalue weighted by atomic mass is 35.5. The van der Waals surface area contributed by atoms with Crippen LogP contribution in [-0.4, -0.2) is 19.5 Å². The molecule has 6 nitrogen and oxygen atoms in total. The van der Waals surface area contributed by atoms with E-state index in [1.807, 2.05) is 0 Å². The van der Waals surface area contributed by atoms with E-state index in [1.54, 1.807) is 18.2 Å². The highest BCUT2D eigenvalue weighted by molar-refractivity contribution is 6.37. The van der Waals surface area contributed by atoms with Crippen molar-refractivity contribution in [2.24, 2.45) is 0 Å². The number of hydrogen-bond donors (Lipinski definition) is 2. The molecule has 96 valence electrons. The number of nitrogens with two attached hydrogens (primary N) is 1. The number of nitrogen functional groups attached to an aromatic ring is 1. The third-order valence-electron chi connectivity index (χ3n) is 2.64. The molecule has 1 aromatic carbocycles. The standard InChI is InChI=1S/C11H7Cl2N5O/c12-5-2-1-3-6(13)8(5)18-10(19)7-9(16-4-15-7)17-11(18)14/h1-4H,(H2,14,17)(H,15,16). The van der Waals surface area contributed by atoms with Crippen LogP contribution in [0, 0.1) is 0 Å². The molecule has 0 aliphatic carbocycles. The zero-order chi connectivity index (χ0) is 13.6. The van der Waals surface area contributed by atoms with Crippen LogP contribution in [0.3, 0.4) is 0 Å². The number of nitrogens with one attached hydrogen (secondary N) is 1. The molecule has 0 bridgehead atoms. The molecule has 0 unspecified atom stereocenters. The zero-order valence-corrected chi connectivity index (χ0v) is 10.9. The van der Waals surface area contributed by atoms with Crippen molar-refractivity contribution in [3.05, 3.63) is 44.9 Å². The summed E-state index contributed by atoms with van der Waals surface area (Å²) >= 11 is 12.2. The van der Waals surface area contributed by atoms with E-state index >= 15 is 0 Å². The molecule has 2 aromatic heterocycles. The quantitative estimate of drug-likeness (QED) is 0.718. The maximum absolute atomic E-state index is 12.4.